The van der Waals surface area contributed by atoms with Crippen molar-refractivity contribution in [3.05, 3.63) is 29.1 Å². The van der Waals surface area contributed by atoms with E-state index in [2.05, 4.69) is 51.8 Å². The molecule has 1 atom stereocenters. The summed E-state index contributed by atoms with van der Waals surface area (Å²) in [4.78, 5) is 7.18. The van der Waals surface area contributed by atoms with Crippen LogP contribution in [0.5, 0.6) is 0 Å². The molecule has 130 valence electrons. The Balaban J connectivity index is 0.000000268. The first-order valence-electron chi connectivity index (χ1n) is 9.27. The van der Waals surface area contributed by atoms with Crippen molar-refractivity contribution in [2.24, 2.45) is 5.92 Å². The Kier molecular flexibility index (Phi) is 7.04. The van der Waals surface area contributed by atoms with Gasteiger partial charge in [0.05, 0.1) is 6.61 Å². The van der Waals surface area contributed by atoms with Crippen LogP contribution in [0.1, 0.15) is 69.3 Å². The first-order valence-corrected chi connectivity index (χ1v) is 9.27. The van der Waals surface area contributed by atoms with Crippen LogP contribution in [0.15, 0.2) is 12.1 Å². The molecular weight excluding hydrogens is 284 g/mol. The quantitative estimate of drug-likeness (QED) is 0.831. The molecular formula is C20H34N2O. The molecule has 0 radical (unpaired) electrons. The fraction of sp³-hybridized carbons (Fsp3) is 0.750. The predicted octanol–water partition coefficient (Wildman–Crippen LogP) is 4.23. The molecule has 0 saturated carbocycles. The van der Waals surface area contributed by atoms with Gasteiger partial charge < -0.3 is 9.64 Å². The minimum absolute atomic E-state index is 0.513. The Hall–Kier alpha value is -0.930. The number of ether oxygens (including phenoxy) is 1. The zero-order chi connectivity index (χ0) is 16.8. The van der Waals surface area contributed by atoms with Crippen molar-refractivity contribution in [2.45, 2.75) is 58.8 Å². The summed E-state index contributed by atoms with van der Waals surface area (Å²) in [5.74, 6) is 2.06. The van der Waals surface area contributed by atoms with Crippen LogP contribution < -0.4 is 0 Å². The number of aromatic nitrogens is 1. The fourth-order valence-electron chi connectivity index (χ4n) is 3.45. The molecule has 0 bridgehead atoms. The number of rotatable bonds is 4. The number of hydrogen-bond acceptors (Lipinski definition) is 3. The Morgan fingerprint density at radius 1 is 1.30 bits per heavy atom. The second-order valence-corrected chi connectivity index (χ2v) is 7.56. The van der Waals surface area contributed by atoms with Gasteiger partial charge in [0.2, 0.25) is 0 Å². The molecule has 1 aromatic heterocycles. The molecule has 3 rings (SSSR count). The van der Waals surface area contributed by atoms with Crippen LogP contribution >= 0.6 is 0 Å². The van der Waals surface area contributed by atoms with E-state index in [9.17, 15) is 0 Å². The van der Waals surface area contributed by atoms with Crippen LogP contribution in [0.4, 0.5) is 0 Å². The molecule has 2 saturated heterocycles. The van der Waals surface area contributed by atoms with Crippen LogP contribution in [0.3, 0.4) is 0 Å². The summed E-state index contributed by atoms with van der Waals surface area (Å²) in [6.07, 6.45) is 3.40. The van der Waals surface area contributed by atoms with Crippen molar-refractivity contribution in [2.75, 3.05) is 33.4 Å². The average molecular weight is 319 g/mol. The zero-order valence-corrected chi connectivity index (χ0v) is 15.6. The molecule has 0 amide bonds. The van der Waals surface area contributed by atoms with Crippen molar-refractivity contribution in [1.29, 1.82) is 0 Å². The average Bonchev–Trinajstić information content (AvgIpc) is 3.01. The van der Waals surface area contributed by atoms with E-state index in [1.165, 1.54) is 30.0 Å². The zero-order valence-electron chi connectivity index (χ0n) is 15.6. The molecule has 3 nitrogen and oxygen atoms in total. The lowest BCUT2D eigenvalue weighted by molar-refractivity contribution is 0.149. The number of aryl methyl sites for hydroxylation is 1. The largest absolute Gasteiger partial charge is 0.381 e. The number of pyridine rings is 1. The molecule has 3 heterocycles. The van der Waals surface area contributed by atoms with Gasteiger partial charge in [0.25, 0.3) is 0 Å². The second kappa shape index (κ2) is 8.79. The Bertz CT molecular complexity index is 469. The smallest absolute Gasteiger partial charge is 0.0536 e. The minimum atomic E-state index is 0.513. The van der Waals surface area contributed by atoms with Gasteiger partial charge in [-0.05, 0) is 43.4 Å². The van der Waals surface area contributed by atoms with Gasteiger partial charge in [0.1, 0.15) is 0 Å². The minimum Gasteiger partial charge on any atom is -0.381 e. The van der Waals surface area contributed by atoms with Gasteiger partial charge in [0.15, 0.2) is 0 Å². The van der Waals surface area contributed by atoms with Crippen LogP contribution in [-0.4, -0.2) is 43.2 Å². The summed E-state index contributed by atoms with van der Waals surface area (Å²) < 4.78 is 5.49. The highest BCUT2D eigenvalue weighted by molar-refractivity contribution is 5.28. The maximum Gasteiger partial charge on any atom is 0.0536 e. The Labute approximate surface area is 142 Å². The third kappa shape index (κ3) is 5.29. The first-order chi connectivity index (χ1) is 11.0. The molecule has 1 aromatic rings. The van der Waals surface area contributed by atoms with Crippen LogP contribution in [0, 0.1) is 5.92 Å². The van der Waals surface area contributed by atoms with Gasteiger partial charge in [-0.2, -0.15) is 0 Å². The molecule has 0 N–H and O–H groups in total. The number of hydrogen-bond donors (Lipinski definition) is 0. The van der Waals surface area contributed by atoms with Gasteiger partial charge in [-0.3, -0.25) is 4.98 Å². The van der Waals surface area contributed by atoms with Crippen molar-refractivity contribution in [3.8, 4) is 0 Å². The van der Waals surface area contributed by atoms with Crippen LogP contribution in [0.25, 0.3) is 0 Å². The number of nitrogens with zero attached hydrogens (tertiary/aromatic N) is 2. The van der Waals surface area contributed by atoms with E-state index >= 15 is 0 Å². The van der Waals surface area contributed by atoms with Crippen molar-refractivity contribution < 1.29 is 4.74 Å². The molecule has 1 unspecified atom stereocenters. The molecule has 2 aliphatic heterocycles. The van der Waals surface area contributed by atoms with E-state index < -0.39 is 0 Å². The normalized spacial score (nSPS) is 21.9. The molecule has 2 fully saturated rings. The molecule has 0 aromatic carbocycles. The summed E-state index contributed by atoms with van der Waals surface area (Å²) >= 11 is 0. The van der Waals surface area contributed by atoms with Crippen molar-refractivity contribution in [1.82, 2.24) is 9.88 Å². The highest BCUT2D eigenvalue weighted by Crippen LogP contribution is 2.29. The standard InChI is InChI=1S/C15H23NO.C5H11N/c1-4-5-15-13(12-8-9-17-10-12)6-7-14(16-15)11(2)3;1-5-3-6(2)4-5/h6-7,11-12H,4-5,8-10H2,1-3H3;5H,3-4H2,1-2H3. The summed E-state index contributed by atoms with van der Waals surface area (Å²) in [6.45, 7) is 13.3. The fourth-order valence-corrected chi connectivity index (χ4v) is 3.45. The lowest BCUT2D eigenvalue weighted by Crippen LogP contribution is -2.41. The van der Waals surface area contributed by atoms with Crippen LogP contribution in [-0.2, 0) is 11.2 Å². The Morgan fingerprint density at radius 2 is 2.04 bits per heavy atom. The monoisotopic (exact) mass is 318 g/mol. The van der Waals surface area contributed by atoms with E-state index in [1.807, 2.05) is 0 Å². The van der Waals surface area contributed by atoms with E-state index in [0.29, 0.717) is 11.8 Å². The third-order valence-corrected chi connectivity index (χ3v) is 4.73. The molecule has 0 spiro atoms. The topological polar surface area (TPSA) is 25.4 Å². The Morgan fingerprint density at radius 3 is 2.48 bits per heavy atom. The molecule has 3 heteroatoms. The molecule has 2 aliphatic rings. The summed E-state index contributed by atoms with van der Waals surface area (Å²) in [5, 5.41) is 0. The van der Waals surface area contributed by atoms with Gasteiger partial charge in [-0.25, -0.2) is 0 Å². The van der Waals surface area contributed by atoms with E-state index in [1.54, 1.807) is 0 Å². The van der Waals surface area contributed by atoms with Gasteiger partial charge in [0, 0.05) is 37.0 Å². The lowest BCUT2D eigenvalue weighted by Gasteiger charge is -2.33. The van der Waals surface area contributed by atoms with Gasteiger partial charge >= 0.3 is 0 Å². The van der Waals surface area contributed by atoms with E-state index in [4.69, 9.17) is 9.72 Å². The predicted molar refractivity (Wildman–Crippen MR) is 97.2 cm³/mol. The SMILES string of the molecule is CC1CN(C)C1.CCCc1nc(C(C)C)ccc1C1CCOC1. The highest BCUT2D eigenvalue weighted by atomic mass is 16.5. The van der Waals surface area contributed by atoms with Crippen molar-refractivity contribution in [3.63, 3.8) is 0 Å². The van der Waals surface area contributed by atoms with Gasteiger partial charge in [-0.1, -0.05) is 40.2 Å². The van der Waals surface area contributed by atoms with Crippen molar-refractivity contribution >= 4 is 0 Å². The maximum absolute atomic E-state index is 5.49. The summed E-state index contributed by atoms with van der Waals surface area (Å²) in [7, 11) is 2.15. The van der Waals surface area contributed by atoms with Crippen LogP contribution in [0.2, 0.25) is 0 Å². The maximum atomic E-state index is 5.49. The van der Waals surface area contributed by atoms with Gasteiger partial charge in [-0.15, -0.1) is 0 Å². The van der Waals surface area contributed by atoms with E-state index in [0.717, 1.165) is 38.4 Å². The molecule has 23 heavy (non-hydrogen) atoms. The van der Waals surface area contributed by atoms with E-state index in [-0.39, 0.29) is 0 Å². The summed E-state index contributed by atoms with van der Waals surface area (Å²) in [5.41, 5.74) is 3.94. The molecule has 0 aliphatic carbocycles. The first kappa shape index (κ1) is 18.4. The summed E-state index contributed by atoms with van der Waals surface area (Å²) in [6, 6.07) is 4.48. The number of likely N-dealkylation sites (tertiary alicyclic amines) is 1. The highest BCUT2D eigenvalue weighted by Gasteiger charge is 2.21. The lowest BCUT2D eigenvalue weighted by atomic mass is 9.94. The second-order valence-electron chi connectivity index (χ2n) is 7.56. The third-order valence-electron chi connectivity index (χ3n) is 4.73.